The van der Waals surface area contributed by atoms with E-state index in [-0.39, 0.29) is 0 Å². The third kappa shape index (κ3) is 1.37. The van der Waals surface area contributed by atoms with E-state index in [0.717, 1.165) is 0 Å². The average Bonchev–Trinajstić information content (AvgIpc) is 2.71. The first-order valence-electron chi connectivity index (χ1n) is 3.54. The summed E-state index contributed by atoms with van der Waals surface area (Å²) in [5.41, 5.74) is 0.870. The number of hydrogen-bond donors (Lipinski definition) is 0. The molecule has 0 aliphatic carbocycles. The lowest BCUT2D eigenvalue weighted by molar-refractivity contribution is 0.418. The summed E-state index contributed by atoms with van der Waals surface area (Å²) in [5, 5.41) is 12.2. The summed E-state index contributed by atoms with van der Waals surface area (Å²) in [6, 6.07) is 6.98. The summed E-state index contributed by atoms with van der Waals surface area (Å²) >= 11 is 0. The molecule has 2 rings (SSSR count). The van der Waals surface area contributed by atoms with E-state index >= 15 is 0 Å². The van der Waals surface area contributed by atoms with Gasteiger partial charge in [0.25, 0.3) is 0 Å². The fraction of sp³-hybridized carbons (Fsp3) is 0. The number of rotatable bonds is 1. The van der Waals surface area contributed by atoms with Crippen molar-refractivity contribution in [2.45, 2.75) is 0 Å². The smallest absolute Gasteiger partial charge is 0.220 e. The van der Waals surface area contributed by atoms with Crippen molar-refractivity contribution in [2.24, 2.45) is 0 Å². The Bertz CT molecular complexity index is 443. The van der Waals surface area contributed by atoms with Crippen molar-refractivity contribution in [2.75, 3.05) is 0 Å². The molecule has 0 N–H and O–H groups in total. The van der Waals surface area contributed by atoms with Crippen LogP contribution in [-0.4, -0.2) is 15.1 Å². The van der Waals surface area contributed by atoms with Gasteiger partial charge in [0.2, 0.25) is 12.2 Å². The second-order valence-electron chi connectivity index (χ2n) is 2.27. The molecule has 0 unspecified atom stereocenters. The standard InChI is InChI=1S/C8H4N4O/c9-4-6-2-1-3-7(11-6)8-10-5-13-12-8/h1-3,5H. The van der Waals surface area contributed by atoms with E-state index < -0.39 is 0 Å². The molecular formula is C8H4N4O. The Balaban J connectivity index is 2.49. The molecule has 0 aliphatic heterocycles. The minimum absolute atomic E-state index is 0.335. The third-order valence-corrected chi connectivity index (χ3v) is 1.45. The Hall–Kier alpha value is -2.22. The monoisotopic (exact) mass is 172 g/mol. The highest BCUT2D eigenvalue weighted by Crippen LogP contribution is 2.10. The molecule has 2 heterocycles. The Morgan fingerprint density at radius 1 is 1.38 bits per heavy atom. The van der Waals surface area contributed by atoms with E-state index in [2.05, 4.69) is 19.6 Å². The number of pyridine rings is 1. The van der Waals surface area contributed by atoms with Crippen LogP contribution in [0, 0.1) is 11.3 Å². The van der Waals surface area contributed by atoms with Crippen LogP contribution in [0.3, 0.4) is 0 Å². The third-order valence-electron chi connectivity index (χ3n) is 1.45. The molecule has 2 aromatic heterocycles. The van der Waals surface area contributed by atoms with Crippen molar-refractivity contribution in [3.63, 3.8) is 0 Å². The van der Waals surface area contributed by atoms with Crippen molar-refractivity contribution >= 4 is 0 Å². The quantitative estimate of drug-likeness (QED) is 0.641. The fourth-order valence-corrected chi connectivity index (χ4v) is 0.905. The van der Waals surface area contributed by atoms with Gasteiger partial charge in [0.15, 0.2) is 0 Å². The van der Waals surface area contributed by atoms with Crippen LogP contribution < -0.4 is 0 Å². The maximum absolute atomic E-state index is 8.58. The summed E-state index contributed by atoms with van der Waals surface area (Å²) in [6.07, 6.45) is 1.22. The first kappa shape index (κ1) is 7.43. The average molecular weight is 172 g/mol. The predicted molar refractivity (Wildman–Crippen MR) is 42.2 cm³/mol. The summed E-state index contributed by atoms with van der Waals surface area (Å²) in [7, 11) is 0. The molecule has 0 atom stereocenters. The van der Waals surface area contributed by atoms with Gasteiger partial charge in [-0.15, -0.1) is 0 Å². The molecule has 0 aromatic carbocycles. The molecule has 62 valence electrons. The Morgan fingerprint density at radius 3 is 3.00 bits per heavy atom. The van der Waals surface area contributed by atoms with Gasteiger partial charge in [-0.2, -0.15) is 10.2 Å². The van der Waals surface area contributed by atoms with E-state index in [1.165, 1.54) is 6.39 Å². The molecule has 5 nitrogen and oxygen atoms in total. The van der Waals surface area contributed by atoms with Gasteiger partial charge in [0, 0.05) is 0 Å². The molecule has 0 saturated heterocycles. The molecule has 0 aliphatic rings. The van der Waals surface area contributed by atoms with Crippen molar-refractivity contribution in [3.8, 4) is 17.6 Å². The molecule has 0 radical (unpaired) electrons. The van der Waals surface area contributed by atoms with Gasteiger partial charge in [-0.25, -0.2) is 4.98 Å². The van der Waals surface area contributed by atoms with Gasteiger partial charge in [-0.05, 0) is 12.1 Å². The van der Waals surface area contributed by atoms with Crippen LogP contribution in [0.5, 0.6) is 0 Å². The van der Waals surface area contributed by atoms with Crippen LogP contribution >= 0.6 is 0 Å². The van der Waals surface area contributed by atoms with Gasteiger partial charge in [0.1, 0.15) is 17.5 Å². The van der Waals surface area contributed by atoms with Crippen LogP contribution in [0.2, 0.25) is 0 Å². The number of aromatic nitrogens is 3. The lowest BCUT2D eigenvalue weighted by Gasteiger charge is -1.92. The van der Waals surface area contributed by atoms with Crippen LogP contribution in [0.15, 0.2) is 29.1 Å². The van der Waals surface area contributed by atoms with Gasteiger partial charge in [-0.1, -0.05) is 11.2 Å². The summed E-state index contributed by atoms with van der Waals surface area (Å²) in [4.78, 5) is 7.80. The minimum atomic E-state index is 0.335. The Labute approximate surface area is 73.7 Å². The number of hydrogen-bond acceptors (Lipinski definition) is 5. The number of nitrogens with zero attached hydrogens (tertiary/aromatic N) is 4. The zero-order valence-electron chi connectivity index (χ0n) is 6.51. The summed E-state index contributed by atoms with van der Waals surface area (Å²) in [5.74, 6) is 0.386. The largest absolute Gasteiger partial charge is 0.342 e. The molecule has 13 heavy (non-hydrogen) atoms. The van der Waals surface area contributed by atoms with Gasteiger partial charge in [0.05, 0.1) is 0 Å². The molecule has 0 saturated carbocycles. The maximum atomic E-state index is 8.58. The first-order chi connectivity index (χ1) is 6.40. The topological polar surface area (TPSA) is 75.6 Å². The molecule has 0 bridgehead atoms. The van der Waals surface area contributed by atoms with E-state index in [1.54, 1.807) is 18.2 Å². The fourth-order valence-electron chi connectivity index (χ4n) is 0.905. The maximum Gasteiger partial charge on any atom is 0.220 e. The van der Waals surface area contributed by atoms with E-state index in [4.69, 9.17) is 5.26 Å². The predicted octanol–water partition coefficient (Wildman–Crippen LogP) is 1.00. The van der Waals surface area contributed by atoms with Gasteiger partial charge in [-0.3, -0.25) is 0 Å². The molecule has 5 heteroatoms. The first-order valence-corrected chi connectivity index (χ1v) is 3.54. The molecule has 2 aromatic rings. The highest BCUT2D eigenvalue weighted by Gasteiger charge is 2.04. The summed E-state index contributed by atoms with van der Waals surface area (Å²) in [6.45, 7) is 0. The molecular weight excluding hydrogens is 168 g/mol. The molecule has 0 fully saturated rings. The van der Waals surface area contributed by atoms with Gasteiger partial charge < -0.3 is 4.52 Å². The highest BCUT2D eigenvalue weighted by atomic mass is 16.5. The lowest BCUT2D eigenvalue weighted by atomic mass is 10.3. The van der Waals surface area contributed by atoms with Crippen LogP contribution in [0.1, 0.15) is 5.69 Å². The van der Waals surface area contributed by atoms with Crippen molar-refractivity contribution in [1.82, 2.24) is 15.1 Å². The van der Waals surface area contributed by atoms with E-state index in [1.807, 2.05) is 6.07 Å². The van der Waals surface area contributed by atoms with Crippen molar-refractivity contribution < 1.29 is 4.52 Å². The Kier molecular flexibility index (Phi) is 1.73. The second-order valence-corrected chi connectivity index (χ2v) is 2.27. The normalized spacial score (nSPS) is 9.46. The zero-order chi connectivity index (χ0) is 9.10. The van der Waals surface area contributed by atoms with Gasteiger partial charge >= 0.3 is 0 Å². The lowest BCUT2D eigenvalue weighted by Crippen LogP contribution is -1.88. The van der Waals surface area contributed by atoms with Crippen LogP contribution in [-0.2, 0) is 0 Å². The van der Waals surface area contributed by atoms with Crippen LogP contribution in [0.4, 0.5) is 0 Å². The SMILES string of the molecule is N#Cc1cccc(-c2ncon2)n1. The second kappa shape index (κ2) is 3.03. The zero-order valence-corrected chi connectivity index (χ0v) is 6.51. The summed E-state index contributed by atoms with van der Waals surface area (Å²) < 4.78 is 4.56. The molecule has 0 spiro atoms. The minimum Gasteiger partial charge on any atom is -0.342 e. The van der Waals surface area contributed by atoms with E-state index in [9.17, 15) is 0 Å². The van der Waals surface area contributed by atoms with E-state index in [0.29, 0.717) is 17.2 Å². The van der Waals surface area contributed by atoms with Crippen molar-refractivity contribution in [1.29, 1.82) is 5.26 Å². The van der Waals surface area contributed by atoms with Crippen LogP contribution in [0.25, 0.3) is 11.5 Å². The van der Waals surface area contributed by atoms with Crippen molar-refractivity contribution in [3.05, 3.63) is 30.3 Å². The number of nitriles is 1. The molecule has 0 amide bonds. The Morgan fingerprint density at radius 2 is 2.31 bits per heavy atom. The highest BCUT2D eigenvalue weighted by molar-refractivity contribution is 5.48.